The van der Waals surface area contributed by atoms with Crippen LogP contribution in [-0.4, -0.2) is 46.0 Å². The molecule has 8 heteroatoms. The molecule has 1 atom stereocenters. The lowest BCUT2D eigenvalue weighted by molar-refractivity contribution is -0.197. The lowest BCUT2D eigenvalue weighted by atomic mass is 9.93. The summed E-state index contributed by atoms with van der Waals surface area (Å²) in [5, 5.41) is 13.6. The Balaban J connectivity index is 1.60. The average Bonchev–Trinajstić information content (AvgIpc) is 2.93. The highest BCUT2D eigenvalue weighted by Crippen LogP contribution is 2.18. The normalized spacial score (nSPS) is 22.5. The van der Waals surface area contributed by atoms with E-state index in [-0.39, 0.29) is 19.3 Å². The van der Waals surface area contributed by atoms with Gasteiger partial charge < -0.3 is 15.3 Å². The molecule has 1 fully saturated rings. The maximum absolute atomic E-state index is 12.2. The van der Waals surface area contributed by atoms with Crippen LogP contribution in [0.1, 0.15) is 70.6 Å². The quantitative estimate of drug-likeness (QED) is 0.370. The summed E-state index contributed by atoms with van der Waals surface area (Å²) in [6, 6.07) is 0. The minimum atomic E-state index is -1.61. The molecule has 2 aliphatic rings. The van der Waals surface area contributed by atoms with E-state index < -0.39 is 29.3 Å². The van der Waals surface area contributed by atoms with Crippen molar-refractivity contribution >= 4 is 23.7 Å². The molecule has 0 aromatic rings. The monoisotopic (exact) mass is 378 g/mol. The fraction of sp³-hybridized carbons (Fsp3) is 0.684. The number of carbonyl (C=O) groups excluding carboxylic acids is 4. The number of nitrogens with zero attached hydrogens (tertiary/aromatic N) is 1. The lowest BCUT2D eigenvalue weighted by Crippen LogP contribution is -2.46. The van der Waals surface area contributed by atoms with Crippen LogP contribution in [0.25, 0.3) is 0 Å². The summed E-state index contributed by atoms with van der Waals surface area (Å²) in [7, 11) is 0. The highest BCUT2D eigenvalue weighted by atomic mass is 16.7. The molecule has 1 unspecified atom stereocenters. The van der Waals surface area contributed by atoms with Crippen LogP contribution in [0, 0.1) is 11.8 Å². The van der Waals surface area contributed by atoms with Crippen LogP contribution in [0.3, 0.4) is 0 Å². The summed E-state index contributed by atoms with van der Waals surface area (Å²) >= 11 is 0. The summed E-state index contributed by atoms with van der Waals surface area (Å²) in [6.45, 7) is 0.376. The molecule has 8 nitrogen and oxygen atoms in total. The highest BCUT2D eigenvalue weighted by Gasteiger charge is 2.34. The molecule has 1 saturated heterocycles. The summed E-state index contributed by atoms with van der Waals surface area (Å²) in [6.07, 6.45) is 5.77. The predicted octanol–water partition coefficient (Wildman–Crippen LogP) is 0.969. The van der Waals surface area contributed by atoms with Gasteiger partial charge in [0.1, 0.15) is 0 Å². The molecule has 0 spiro atoms. The van der Waals surface area contributed by atoms with Crippen LogP contribution >= 0.6 is 0 Å². The van der Waals surface area contributed by atoms with Crippen molar-refractivity contribution in [1.29, 1.82) is 0 Å². The molecule has 27 heavy (non-hydrogen) atoms. The first-order valence-corrected chi connectivity index (χ1v) is 9.50. The van der Waals surface area contributed by atoms with Gasteiger partial charge >= 0.3 is 5.97 Å². The molecular formula is C19H26N2O6. The van der Waals surface area contributed by atoms with Crippen molar-refractivity contribution < 1.29 is 29.1 Å². The molecule has 1 aliphatic heterocycles. The first kappa shape index (κ1) is 20.9. The molecule has 1 aliphatic carbocycles. The van der Waals surface area contributed by atoms with Crippen molar-refractivity contribution in [3.05, 3.63) is 0 Å². The van der Waals surface area contributed by atoms with Crippen molar-refractivity contribution in [3.8, 4) is 11.8 Å². The van der Waals surface area contributed by atoms with Gasteiger partial charge in [0.15, 0.2) is 0 Å². The number of imide groups is 1. The number of hydroxylamine groups is 2. The molecule has 0 bridgehead atoms. The minimum Gasteiger partial charge on any atom is -0.369 e. The van der Waals surface area contributed by atoms with Gasteiger partial charge in [-0.25, -0.2) is 4.79 Å². The zero-order chi connectivity index (χ0) is 19.7. The van der Waals surface area contributed by atoms with Crippen LogP contribution in [0.4, 0.5) is 0 Å². The molecule has 0 aromatic heterocycles. The van der Waals surface area contributed by atoms with E-state index in [4.69, 9.17) is 4.84 Å². The van der Waals surface area contributed by atoms with Gasteiger partial charge in [-0.2, -0.15) is 0 Å². The van der Waals surface area contributed by atoms with Gasteiger partial charge in [-0.3, -0.25) is 14.4 Å². The SMILES string of the molecule is O=C(CCCCCNC(=O)C1(O)C#CCCCCC1)ON1C(=O)CCC1=O. The number of hydrogen-bond donors (Lipinski definition) is 2. The Hall–Kier alpha value is -2.40. The molecule has 3 amide bonds. The average molecular weight is 378 g/mol. The van der Waals surface area contributed by atoms with Gasteiger partial charge in [-0.05, 0) is 32.1 Å². The summed E-state index contributed by atoms with van der Waals surface area (Å²) in [5.41, 5.74) is -1.61. The van der Waals surface area contributed by atoms with Gasteiger partial charge in [0, 0.05) is 32.2 Å². The smallest absolute Gasteiger partial charge is 0.333 e. The van der Waals surface area contributed by atoms with Gasteiger partial charge in [0.25, 0.3) is 17.7 Å². The Morgan fingerprint density at radius 3 is 2.59 bits per heavy atom. The maximum atomic E-state index is 12.2. The molecule has 0 radical (unpaired) electrons. The van der Waals surface area contributed by atoms with E-state index in [1.807, 2.05) is 0 Å². The second-order valence-corrected chi connectivity index (χ2v) is 6.83. The van der Waals surface area contributed by atoms with E-state index in [1.165, 1.54) is 0 Å². The van der Waals surface area contributed by atoms with Crippen molar-refractivity contribution in [3.63, 3.8) is 0 Å². The number of nitrogens with one attached hydrogen (secondary N) is 1. The largest absolute Gasteiger partial charge is 0.369 e. The molecule has 0 aromatic carbocycles. The Morgan fingerprint density at radius 2 is 1.85 bits per heavy atom. The third-order valence-corrected chi connectivity index (χ3v) is 4.55. The summed E-state index contributed by atoms with van der Waals surface area (Å²) < 4.78 is 0. The maximum Gasteiger partial charge on any atom is 0.333 e. The van der Waals surface area contributed by atoms with E-state index in [2.05, 4.69) is 17.2 Å². The number of rotatable bonds is 8. The Kier molecular flexibility index (Phi) is 7.80. The Morgan fingerprint density at radius 1 is 1.11 bits per heavy atom. The lowest BCUT2D eigenvalue weighted by Gasteiger charge is -2.22. The van der Waals surface area contributed by atoms with E-state index in [1.54, 1.807) is 0 Å². The first-order valence-electron chi connectivity index (χ1n) is 9.50. The van der Waals surface area contributed by atoms with Gasteiger partial charge in [-0.1, -0.05) is 24.7 Å². The fourth-order valence-electron chi connectivity index (χ4n) is 2.94. The molecule has 2 N–H and O–H groups in total. The number of amides is 3. The van der Waals surface area contributed by atoms with E-state index in [0.717, 1.165) is 19.3 Å². The molecule has 2 rings (SSSR count). The highest BCUT2D eigenvalue weighted by molar-refractivity contribution is 6.01. The summed E-state index contributed by atoms with van der Waals surface area (Å²) in [5.74, 6) is 3.45. The predicted molar refractivity (Wildman–Crippen MR) is 94.5 cm³/mol. The fourth-order valence-corrected chi connectivity index (χ4v) is 2.94. The van der Waals surface area contributed by atoms with E-state index >= 15 is 0 Å². The Bertz CT molecular complexity index is 634. The van der Waals surface area contributed by atoms with Crippen molar-refractivity contribution in [1.82, 2.24) is 10.4 Å². The standard InChI is InChI=1S/C19H26N2O6/c22-15-10-11-16(23)21(15)27-17(24)9-5-4-8-14-20-18(25)19(26)12-6-2-1-3-7-13-19/h26H,1-6,8-12,14H2,(H,20,25). The molecular weight excluding hydrogens is 352 g/mol. The minimum absolute atomic E-state index is 0.0720. The van der Waals surface area contributed by atoms with Crippen LogP contribution < -0.4 is 5.32 Å². The number of unbranched alkanes of at least 4 members (excludes halogenated alkanes) is 2. The third-order valence-electron chi connectivity index (χ3n) is 4.55. The van der Waals surface area contributed by atoms with E-state index in [9.17, 15) is 24.3 Å². The van der Waals surface area contributed by atoms with Crippen LogP contribution in [0.5, 0.6) is 0 Å². The second kappa shape index (κ2) is 10.1. The summed E-state index contributed by atoms with van der Waals surface area (Å²) in [4.78, 5) is 51.3. The molecule has 148 valence electrons. The molecule has 0 saturated carbocycles. The molecule has 1 heterocycles. The van der Waals surface area contributed by atoms with Crippen molar-refractivity contribution in [2.75, 3.05) is 6.54 Å². The van der Waals surface area contributed by atoms with Crippen LogP contribution in [0.15, 0.2) is 0 Å². The van der Waals surface area contributed by atoms with Crippen molar-refractivity contribution in [2.24, 2.45) is 0 Å². The van der Waals surface area contributed by atoms with Gasteiger partial charge in [-0.15, -0.1) is 5.06 Å². The van der Waals surface area contributed by atoms with Crippen LogP contribution in [-0.2, 0) is 24.0 Å². The number of aliphatic hydroxyl groups is 1. The first-order chi connectivity index (χ1) is 12.9. The van der Waals surface area contributed by atoms with E-state index in [0.29, 0.717) is 43.7 Å². The van der Waals surface area contributed by atoms with Crippen LogP contribution in [0.2, 0.25) is 0 Å². The van der Waals surface area contributed by atoms with Gasteiger partial charge in [0.2, 0.25) is 5.60 Å². The number of hydrogen-bond acceptors (Lipinski definition) is 6. The number of carbonyl (C=O) groups is 4. The van der Waals surface area contributed by atoms with Gasteiger partial charge in [0.05, 0.1) is 0 Å². The van der Waals surface area contributed by atoms with Crippen molar-refractivity contribution in [2.45, 2.75) is 76.2 Å². The zero-order valence-corrected chi connectivity index (χ0v) is 15.4. The topological polar surface area (TPSA) is 113 Å². The Labute approximate surface area is 158 Å². The second-order valence-electron chi connectivity index (χ2n) is 6.83. The zero-order valence-electron chi connectivity index (χ0n) is 15.4. The third kappa shape index (κ3) is 6.36.